The summed E-state index contributed by atoms with van der Waals surface area (Å²) >= 11 is 0. The average molecular weight is 416 g/mol. The number of hydrogen-bond donors (Lipinski definition) is 1. The number of esters is 2. The standard InChI is InChI=1S/C22H28N2O6/c1-21(2,3)30-18(26)16(14-8-6-5-7-9-14)24-13-10-15(17(24)25)23-19(27)22(11-12-22)20(28)29-4/h5-9,15-16H,10-13H2,1-4H3,(H,23,27)/t15-,16+/m0/s1. The molecular formula is C22H28N2O6. The minimum Gasteiger partial charge on any atom is -0.468 e. The smallest absolute Gasteiger partial charge is 0.334 e. The van der Waals surface area contributed by atoms with Crippen molar-refractivity contribution in [2.75, 3.05) is 13.7 Å². The number of likely N-dealkylation sites (tertiary alicyclic amines) is 1. The van der Waals surface area contributed by atoms with Crippen molar-refractivity contribution in [3.05, 3.63) is 35.9 Å². The highest BCUT2D eigenvalue weighted by Gasteiger charge is 2.58. The summed E-state index contributed by atoms with van der Waals surface area (Å²) < 4.78 is 10.3. The molecule has 0 spiro atoms. The van der Waals surface area contributed by atoms with Crippen LogP contribution in [0.4, 0.5) is 0 Å². The predicted molar refractivity (Wildman–Crippen MR) is 107 cm³/mol. The van der Waals surface area contributed by atoms with Gasteiger partial charge in [-0.1, -0.05) is 30.3 Å². The van der Waals surface area contributed by atoms with E-state index in [9.17, 15) is 19.2 Å². The van der Waals surface area contributed by atoms with Gasteiger partial charge in [-0.3, -0.25) is 14.4 Å². The van der Waals surface area contributed by atoms with E-state index in [0.717, 1.165) is 0 Å². The first kappa shape index (κ1) is 21.8. The summed E-state index contributed by atoms with van der Waals surface area (Å²) in [6, 6.07) is 7.24. The second-order valence-corrected chi connectivity index (χ2v) is 8.77. The van der Waals surface area contributed by atoms with Gasteiger partial charge in [-0.25, -0.2) is 4.79 Å². The third-order valence-corrected chi connectivity index (χ3v) is 5.36. The molecule has 1 N–H and O–H groups in total. The molecule has 1 aliphatic carbocycles. The summed E-state index contributed by atoms with van der Waals surface area (Å²) in [4.78, 5) is 52.0. The molecule has 8 heteroatoms. The van der Waals surface area contributed by atoms with Crippen LogP contribution in [-0.2, 0) is 28.7 Å². The van der Waals surface area contributed by atoms with Crippen molar-refractivity contribution in [3.63, 3.8) is 0 Å². The summed E-state index contributed by atoms with van der Waals surface area (Å²) in [5.41, 5.74) is -1.26. The molecule has 1 aromatic rings. The Morgan fingerprint density at radius 1 is 1.17 bits per heavy atom. The van der Waals surface area contributed by atoms with Crippen LogP contribution in [0.1, 0.15) is 51.6 Å². The lowest BCUT2D eigenvalue weighted by atomic mass is 10.0. The fraction of sp³-hybridized carbons (Fsp3) is 0.545. The van der Waals surface area contributed by atoms with E-state index in [0.29, 0.717) is 24.8 Å². The van der Waals surface area contributed by atoms with Gasteiger partial charge in [0.25, 0.3) is 0 Å². The van der Waals surface area contributed by atoms with Crippen molar-refractivity contribution in [1.29, 1.82) is 0 Å². The van der Waals surface area contributed by atoms with E-state index in [-0.39, 0.29) is 12.5 Å². The number of carbonyl (C=O) groups is 4. The number of methoxy groups -OCH3 is 1. The zero-order valence-corrected chi connectivity index (χ0v) is 17.8. The second kappa shape index (κ2) is 8.08. The Morgan fingerprint density at radius 2 is 1.80 bits per heavy atom. The summed E-state index contributed by atoms with van der Waals surface area (Å²) in [6.45, 7) is 5.59. The highest BCUT2D eigenvalue weighted by molar-refractivity contribution is 6.07. The fourth-order valence-corrected chi connectivity index (χ4v) is 3.67. The lowest BCUT2D eigenvalue weighted by molar-refractivity contribution is -0.164. The molecule has 2 atom stereocenters. The summed E-state index contributed by atoms with van der Waals surface area (Å²) in [7, 11) is 1.24. The number of carbonyl (C=O) groups excluding carboxylic acids is 4. The highest BCUT2D eigenvalue weighted by atomic mass is 16.6. The minimum absolute atomic E-state index is 0.286. The maximum absolute atomic E-state index is 13.1. The Hall–Kier alpha value is -2.90. The summed E-state index contributed by atoms with van der Waals surface area (Å²) in [6.07, 6.45) is 1.15. The van der Waals surface area contributed by atoms with Crippen molar-refractivity contribution in [2.45, 2.75) is 57.7 Å². The Bertz CT molecular complexity index is 841. The topological polar surface area (TPSA) is 102 Å². The first-order chi connectivity index (χ1) is 14.1. The molecule has 3 rings (SSSR count). The van der Waals surface area contributed by atoms with E-state index in [1.807, 2.05) is 6.07 Å². The van der Waals surface area contributed by atoms with Crippen molar-refractivity contribution < 1.29 is 28.7 Å². The largest absolute Gasteiger partial charge is 0.468 e. The Morgan fingerprint density at radius 3 is 2.33 bits per heavy atom. The lowest BCUT2D eigenvalue weighted by Gasteiger charge is -2.30. The molecule has 0 bridgehead atoms. The molecule has 1 aromatic carbocycles. The third kappa shape index (κ3) is 4.32. The van der Waals surface area contributed by atoms with E-state index in [1.165, 1.54) is 12.0 Å². The zero-order chi connectivity index (χ0) is 22.1. The molecular weight excluding hydrogens is 388 g/mol. The van der Waals surface area contributed by atoms with Gasteiger partial charge in [-0.05, 0) is 45.6 Å². The lowest BCUT2D eigenvalue weighted by Crippen LogP contribution is -2.48. The fourth-order valence-electron chi connectivity index (χ4n) is 3.67. The number of rotatable bonds is 6. The molecule has 162 valence electrons. The van der Waals surface area contributed by atoms with Gasteiger partial charge in [0.1, 0.15) is 17.1 Å². The molecule has 30 heavy (non-hydrogen) atoms. The monoisotopic (exact) mass is 416 g/mol. The van der Waals surface area contributed by atoms with Gasteiger partial charge in [-0.15, -0.1) is 0 Å². The molecule has 0 radical (unpaired) electrons. The van der Waals surface area contributed by atoms with Crippen LogP contribution in [0.3, 0.4) is 0 Å². The number of nitrogens with zero attached hydrogens (tertiary/aromatic N) is 1. The molecule has 1 aliphatic heterocycles. The first-order valence-corrected chi connectivity index (χ1v) is 10.1. The van der Waals surface area contributed by atoms with Gasteiger partial charge in [-0.2, -0.15) is 0 Å². The molecule has 2 fully saturated rings. The van der Waals surface area contributed by atoms with Crippen LogP contribution in [0, 0.1) is 5.41 Å². The van der Waals surface area contributed by atoms with Gasteiger partial charge < -0.3 is 19.7 Å². The number of amides is 2. The highest BCUT2D eigenvalue weighted by Crippen LogP contribution is 2.47. The minimum atomic E-state index is -1.19. The summed E-state index contributed by atoms with van der Waals surface area (Å²) in [5, 5.41) is 2.69. The van der Waals surface area contributed by atoms with Gasteiger partial charge in [0.15, 0.2) is 6.04 Å². The molecule has 0 unspecified atom stereocenters. The third-order valence-electron chi connectivity index (χ3n) is 5.36. The first-order valence-electron chi connectivity index (χ1n) is 10.1. The molecule has 2 aliphatic rings. The molecule has 1 heterocycles. The Balaban J connectivity index is 1.78. The van der Waals surface area contributed by atoms with E-state index in [2.05, 4.69) is 5.32 Å². The normalized spacial score (nSPS) is 21.0. The molecule has 2 amide bonds. The summed E-state index contributed by atoms with van der Waals surface area (Å²) in [5.74, 6) is -1.98. The van der Waals surface area contributed by atoms with Crippen molar-refractivity contribution in [3.8, 4) is 0 Å². The van der Waals surface area contributed by atoms with E-state index < -0.39 is 40.9 Å². The molecule has 8 nitrogen and oxygen atoms in total. The van der Waals surface area contributed by atoms with Crippen LogP contribution in [0.25, 0.3) is 0 Å². The van der Waals surface area contributed by atoms with Gasteiger partial charge in [0.2, 0.25) is 11.8 Å². The molecule has 0 aromatic heterocycles. The van der Waals surface area contributed by atoms with E-state index >= 15 is 0 Å². The van der Waals surface area contributed by atoms with Crippen LogP contribution < -0.4 is 5.32 Å². The molecule has 1 saturated carbocycles. The van der Waals surface area contributed by atoms with Crippen molar-refractivity contribution in [1.82, 2.24) is 10.2 Å². The number of hydrogen-bond acceptors (Lipinski definition) is 6. The number of benzene rings is 1. The van der Waals surface area contributed by atoms with Crippen LogP contribution >= 0.6 is 0 Å². The van der Waals surface area contributed by atoms with Crippen LogP contribution in [-0.4, -0.2) is 54.0 Å². The number of ether oxygens (including phenoxy) is 2. The maximum atomic E-state index is 13.1. The van der Waals surface area contributed by atoms with E-state index in [4.69, 9.17) is 9.47 Å². The maximum Gasteiger partial charge on any atom is 0.334 e. The van der Waals surface area contributed by atoms with Crippen molar-refractivity contribution >= 4 is 23.8 Å². The van der Waals surface area contributed by atoms with Crippen LogP contribution in [0.2, 0.25) is 0 Å². The van der Waals surface area contributed by atoms with Crippen LogP contribution in [0.15, 0.2) is 30.3 Å². The predicted octanol–water partition coefficient (Wildman–Crippen LogP) is 1.74. The quantitative estimate of drug-likeness (QED) is 0.560. The Labute approximate surface area is 175 Å². The van der Waals surface area contributed by atoms with Gasteiger partial charge >= 0.3 is 11.9 Å². The second-order valence-electron chi connectivity index (χ2n) is 8.77. The van der Waals surface area contributed by atoms with Gasteiger partial charge in [0.05, 0.1) is 7.11 Å². The SMILES string of the molecule is COC(=O)C1(C(=O)N[C@H]2CCN([C@@H](C(=O)OC(C)(C)C)c3ccccc3)C2=O)CC1. The molecule has 1 saturated heterocycles. The van der Waals surface area contributed by atoms with Gasteiger partial charge in [0, 0.05) is 6.54 Å². The van der Waals surface area contributed by atoms with Crippen molar-refractivity contribution in [2.24, 2.45) is 5.41 Å². The zero-order valence-electron chi connectivity index (χ0n) is 17.8. The average Bonchev–Trinajstić information content (AvgIpc) is 3.43. The van der Waals surface area contributed by atoms with Crippen LogP contribution in [0.5, 0.6) is 0 Å². The van der Waals surface area contributed by atoms with E-state index in [1.54, 1.807) is 45.0 Å². The number of nitrogens with one attached hydrogen (secondary N) is 1. The Kier molecular flexibility index (Phi) is 5.87.